The zero-order valence-electron chi connectivity index (χ0n) is 12.2. The first-order valence-corrected chi connectivity index (χ1v) is 7.18. The molecule has 0 aliphatic heterocycles. The summed E-state index contributed by atoms with van der Waals surface area (Å²) in [6.45, 7) is 0.290. The third kappa shape index (κ3) is 4.17. The number of nitrogens with one attached hydrogen (secondary N) is 2. The molecule has 126 valence electrons. The maximum Gasteiger partial charge on any atom is 0.292 e. The predicted octanol–water partition coefficient (Wildman–Crippen LogP) is 3.37. The Morgan fingerprint density at radius 3 is 2.54 bits per heavy atom. The lowest BCUT2D eigenvalue weighted by atomic mass is 10.2. The highest BCUT2D eigenvalue weighted by molar-refractivity contribution is 6.33. The normalized spacial score (nSPS) is 10.3. The number of halogens is 3. The minimum absolute atomic E-state index is 0.0903. The van der Waals surface area contributed by atoms with Gasteiger partial charge in [0.25, 0.3) is 11.6 Å². The van der Waals surface area contributed by atoms with E-state index >= 15 is 0 Å². The Morgan fingerprint density at radius 2 is 1.83 bits per heavy atom. The lowest BCUT2D eigenvalue weighted by molar-refractivity contribution is -0.384. The van der Waals surface area contributed by atoms with Gasteiger partial charge >= 0.3 is 0 Å². The van der Waals surface area contributed by atoms with Crippen molar-refractivity contribution < 1.29 is 18.5 Å². The van der Waals surface area contributed by atoms with Crippen LogP contribution in [0.5, 0.6) is 0 Å². The molecule has 2 rings (SSSR count). The molecule has 6 nitrogen and oxygen atoms in total. The van der Waals surface area contributed by atoms with Gasteiger partial charge in [0.05, 0.1) is 15.5 Å². The molecule has 2 N–H and O–H groups in total. The van der Waals surface area contributed by atoms with Crippen LogP contribution in [0.25, 0.3) is 0 Å². The fraction of sp³-hybridized carbons (Fsp3) is 0.133. The molecule has 0 spiro atoms. The minimum Gasteiger partial charge on any atom is -0.378 e. The average Bonchev–Trinajstić information content (AvgIpc) is 2.55. The van der Waals surface area contributed by atoms with Gasteiger partial charge in [-0.2, -0.15) is 0 Å². The summed E-state index contributed by atoms with van der Waals surface area (Å²) in [6.07, 6.45) is 0. The van der Waals surface area contributed by atoms with Crippen LogP contribution >= 0.6 is 11.6 Å². The molecule has 0 saturated heterocycles. The smallest absolute Gasteiger partial charge is 0.292 e. The highest BCUT2D eigenvalue weighted by Crippen LogP contribution is 2.23. The van der Waals surface area contributed by atoms with E-state index < -0.39 is 22.5 Å². The molecule has 0 saturated carbocycles. The molecule has 0 aliphatic rings. The highest BCUT2D eigenvalue weighted by atomic mass is 35.5. The summed E-state index contributed by atoms with van der Waals surface area (Å²) >= 11 is 5.70. The molecule has 0 unspecified atom stereocenters. The van der Waals surface area contributed by atoms with Crippen molar-refractivity contribution in [3.8, 4) is 0 Å². The maximum atomic E-state index is 13.2. The first-order chi connectivity index (χ1) is 11.4. The topological polar surface area (TPSA) is 84.3 Å². The van der Waals surface area contributed by atoms with Gasteiger partial charge < -0.3 is 10.6 Å². The van der Waals surface area contributed by atoms with Crippen molar-refractivity contribution in [2.75, 3.05) is 18.4 Å². The van der Waals surface area contributed by atoms with E-state index in [0.717, 1.165) is 6.07 Å². The molecule has 0 bridgehead atoms. The summed E-state index contributed by atoms with van der Waals surface area (Å²) < 4.78 is 26.1. The first-order valence-electron chi connectivity index (χ1n) is 6.80. The van der Waals surface area contributed by atoms with Crippen LogP contribution in [0.15, 0.2) is 36.4 Å². The van der Waals surface area contributed by atoms with Crippen LogP contribution in [0, 0.1) is 21.7 Å². The number of nitrogens with zero attached hydrogens (tertiary/aromatic N) is 1. The number of hydrogen-bond acceptors (Lipinski definition) is 4. The van der Waals surface area contributed by atoms with Crippen LogP contribution in [-0.4, -0.2) is 23.9 Å². The second-order valence-electron chi connectivity index (χ2n) is 4.70. The minimum atomic E-state index is -1.18. The molecule has 0 heterocycles. The number of rotatable bonds is 6. The van der Waals surface area contributed by atoms with Crippen molar-refractivity contribution in [3.05, 3.63) is 68.7 Å². The Kier molecular flexibility index (Phi) is 5.64. The van der Waals surface area contributed by atoms with Gasteiger partial charge in [0.2, 0.25) is 0 Å². The van der Waals surface area contributed by atoms with E-state index in [1.165, 1.54) is 18.2 Å². The van der Waals surface area contributed by atoms with Gasteiger partial charge in [0.15, 0.2) is 11.6 Å². The Bertz CT molecular complexity index is 787. The van der Waals surface area contributed by atoms with Gasteiger partial charge in [-0.15, -0.1) is 0 Å². The third-order valence-corrected chi connectivity index (χ3v) is 3.39. The highest BCUT2D eigenvalue weighted by Gasteiger charge is 2.15. The van der Waals surface area contributed by atoms with E-state index in [9.17, 15) is 23.7 Å². The second kappa shape index (κ2) is 7.69. The zero-order valence-corrected chi connectivity index (χ0v) is 12.9. The molecule has 0 aromatic heterocycles. The summed E-state index contributed by atoms with van der Waals surface area (Å²) in [5, 5.41) is 15.9. The van der Waals surface area contributed by atoms with Crippen LogP contribution in [0.1, 0.15) is 10.4 Å². The van der Waals surface area contributed by atoms with Gasteiger partial charge in [-0.25, -0.2) is 8.78 Å². The van der Waals surface area contributed by atoms with Gasteiger partial charge in [-0.05, 0) is 18.2 Å². The summed E-state index contributed by atoms with van der Waals surface area (Å²) in [4.78, 5) is 22.2. The van der Waals surface area contributed by atoms with Crippen molar-refractivity contribution in [1.29, 1.82) is 0 Å². The van der Waals surface area contributed by atoms with E-state index in [1.807, 2.05) is 0 Å². The average molecular weight is 356 g/mol. The van der Waals surface area contributed by atoms with Crippen molar-refractivity contribution in [2.45, 2.75) is 0 Å². The molecule has 2 aromatic rings. The molecule has 9 heteroatoms. The number of nitro groups is 1. The van der Waals surface area contributed by atoms with Crippen LogP contribution in [-0.2, 0) is 0 Å². The van der Waals surface area contributed by atoms with Gasteiger partial charge in [0, 0.05) is 19.2 Å². The number of para-hydroxylation sites is 2. The Balaban J connectivity index is 1.92. The lowest BCUT2D eigenvalue weighted by Crippen LogP contribution is -2.29. The van der Waals surface area contributed by atoms with Crippen LogP contribution in [0.2, 0.25) is 5.02 Å². The second-order valence-corrected chi connectivity index (χ2v) is 5.11. The Labute approximate surface area is 140 Å². The van der Waals surface area contributed by atoms with Crippen molar-refractivity contribution in [3.63, 3.8) is 0 Å². The molecule has 0 atom stereocenters. The van der Waals surface area contributed by atoms with Crippen molar-refractivity contribution in [2.24, 2.45) is 0 Å². The van der Waals surface area contributed by atoms with E-state index in [4.69, 9.17) is 11.6 Å². The lowest BCUT2D eigenvalue weighted by Gasteiger charge is -2.09. The fourth-order valence-corrected chi connectivity index (χ4v) is 2.18. The van der Waals surface area contributed by atoms with Crippen LogP contribution < -0.4 is 10.6 Å². The predicted molar refractivity (Wildman–Crippen MR) is 85.3 cm³/mol. The summed E-state index contributed by atoms with van der Waals surface area (Å²) in [5.74, 6) is -3.00. The number of amides is 1. The first kappa shape index (κ1) is 17.6. The number of anilines is 1. The quantitative estimate of drug-likeness (QED) is 0.360. The third-order valence-electron chi connectivity index (χ3n) is 3.08. The van der Waals surface area contributed by atoms with E-state index in [1.54, 1.807) is 6.07 Å². The Morgan fingerprint density at radius 1 is 1.17 bits per heavy atom. The van der Waals surface area contributed by atoms with Gasteiger partial charge in [-0.1, -0.05) is 23.7 Å². The number of benzene rings is 2. The number of carbonyl (C=O) groups excluding carboxylic acids is 1. The fourth-order valence-electron chi connectivity index (χ4n) is 1.95. The monoisotopic (exact) mass is 355 g/mol. The van der Waals surface area contributed by atoms with E-state index in [0.29, 0.717) is 11.8 Å². The SMILES string of the molecule is O=C(NCCNc1ccccc1[N+](=O)[O-])c1cc(F)c(F)cc1Cl. The summed E-state index contributed by atoms with van der Waals surface area (Å²) in [7, 11) is 0. The molecule has 0 aliphatic carbocycles. The molecule has 0 radical (unpaired) electrons. The maximum absolute atomic E-state index is 13.2. The standard InChI is InChI=1S/C15H12ClF2N3O3/c16-10-8-12(18)11(17)7-9(10)15(22)20-6-5-19-13-3-1-2-4-14(13)21(23)24/h1-4,7-8,19H,5-6H2,(H,20,22). The molecule has 0 fully saturated rings. The number of carbonyl (C=O) groups is 1. The molecular formula is C15H12ClF2N3O3. The molecule has 2 aromatic carbocycles. The number of nitro benzene ring substituents is 1. The van der Waals surface area contributed by atoms with Crippen LogP contribution in [0.3, 0.4) is 0 Å². The molecule has 1 amide bonds. The zero-order chi connectivity index (χ0) is 17.7. The van der Waals surface area contributed by atoms with E-state index in [2.05, 4.69) is 10.6 Å². The van der Waals surface area contributed by atoms with Gasteiger partial charge in [0.1, 0.15) is 5.69 Å². The van der Waals surface area contributed by atoms with Crippen LogP contribution in [0.4, 0.5) is 20.2 Å². The number of hydrogen-bond donors (Lipinski definition) is 2. The van der Waals surface area contributed by atoms with Crippen molar-refractivity contribution in [1.82, 2.24) is 5.32 Å². The molecule has 24 heavy (non-hydrogen) atoms. The summed E-state index contributed by atoms with van der Waals surface area (Å²) in [6, 6.07) is 7.49. The van der Waals surface area contributed by atoms with Gasteiger partial charge in [-0.3, -0.25) is 14.9 Å². The largest absolute Gasteiger partial charge is 0.378 e. The molecular weight excluding hydrogens is 344 g/mol. The summed E-state index contributed by atoms with van der Waals surface area (Å²) in [5.41, 5.74) is 0.0244. The Hall–Kier alpha value is -2.74. The van der Waals surface area contributed by atoms with E-state index in [-0.39, 0.29) is 29.4 Å². The van der Waals surface area contributed by atoms with Crippen molar-refractivity contribution >= 4 is 28.9 Å².